The molecule has 0 aliphatic carbocycles. The molecular formula is C17H18BrNOSi. The Morgan fingerprint density at radius 3 is 2.57 bits per heavy atom. The van der Waals surface area contributed by atoms with Crippen molar-refractivity contribution in [1.82, 2.24) is 0 Å². The second-order valence-electron chi connectivity index (χ2n) is 5.54. The quantitative estimate of drug-likeness (QED) is 0.820. The van der Waals surface area contributed by atoms with Crippen LogP contribution < -0.4 is 20.9 Å². The van der Waals surface area contributed by atoms with E-state index < -0.39 is 8.07 Å². The van der Waals surface area contributed by atoms with Crippen molar-refractivity contribution in [3.8, 4) is 5.75 Å². The first-order chi connectivity index (χ1) is 10.0. The highest BCUT2D eigenvalue weighted by atomic mass is 79.9. The second-order valence-corrected chi connectivity index (χ2v) is 10.9. The largest absolute Gasteiger partial charge is 0.508 e. The summed E-state index contributed by atoms with van der Waals surface area (Å²) in [5.74, 6) is 0.327. The molecule has 0 spiro atoms. The van der Waals surface area contributed by atoms with E-state index >= 15 is 0 Å². The third kappa shape index (κ3) is 2.00. The predicted octanol–water partition coefficient (Wildman–Crippen LogP) is 2.43. The normalized spacial score (nSPS) is 15.0. The number of phenolic OH excluding ortho intramolecular Hbond substituents is 1. The Bertz CT molecular complexity index is 827. The summed E-state index contributed by atoms with van der Waals surface area (Å²) in [6, 6.07) is 11.8. The highest BCUT2D eigenvalue weighted by molar-refractivity contribution is 9.10. The van der Waals surface area contributed by atoms with E-state index in [0.717, 1.165) is 32.8 Å². The van der Waals surface area contributed by atoms with E-state index in [2.05, 4.69) is 42.4 Å². The highest BCUT2D eigenvalue weighted by Gasteiger charge is 2.40. The number of fused-ring (bicyclic) bond motifs is 2. The number of hydrogen-bond acceptors (Lipinski definition) is 2. The monoisotopic (exact) mass is 359 g/mol. The standard InChI is InChI=1S/C17H18BrNOSi/c1-4-21(5-2)15-10-12(20)7-9-13(15)19-14-8-6-11(3)16(18)17(14)21/h6-10,20H,3-5H2,1-2H3. The fraction of sp³-hybridized carbons (Fsp3) is 0.235. The molecule has 1 heterocycles. The van der Waals surface area contributed by atoms with E-state index in [4.69, 9.17) is 4.99 Å². The van der Waals surface area contributed by atoms with Crippen LogP contribution in [-0.2, 0) is 0 Å². The van der Waals surface area contributed by atoms with Gasteiger partial charge in [-0.05, 0) is 39.9 Å². The van der Waals surface area contributed by atoms with E-state index in [0.29, 0.717) is 5.75 Å². The molecule has 2 aromatic rings. The Kier molecular flexibility index (Phi) is 3.54. The van der Waals surface area contributed by atoms with Crippen molar-refractivity contribution < 1.29 is 5.11 Å². The number of halogens is 1. The number of benzene rings is 2. The first-order valence-electron chi connectivity index (χ1n) is 7.23. The van der Waals surface area contributed by atoms with Crippen molar-refractivity contribution in [2.45, 2.75) is 25.9 Å². The SMILES string of the molecule is C=c1ccc2c(c1Br)[Si](CC)(CC)c1cc(O)ccc1N=2. The lowest BCUT2D eigenvalue weighted by Crippen LogP contribution is -2.65. The third-order valence-corrected chi connectivity index (χ3v) is 11.2. The van der Waals surface area contributed by atoms with Gasteiger partial charge in [0.15, 0.2) is 0 Å². The van der Waals surface area contributed by atoms with Gasteiger partial charge in [-0.1, -0.05) is 54.5 Å². The Balaban J connectivity index is 2.51. The summed E-state index contributed by atoms with van der Waals surface area (Å²) in [7, 11) is -1.92. The highest BCUT2D eigenvalue weighted by Crippen LogP contribution is 2.27. The van der Waals surface area contributed by atoms with Gasteiger partial charge in [-0.2, -0.15) is 0 Å². The van der Waals surface area contributed by atoms with Crippen LogP contribution >= 0.6 is 15.9 Å². The molecular weight excluding hydrogens is 342 g/mol. The molecule has 1 N–H and O–H groups in total. The van der Waals surface area contributed by atoms with E-state index in [1.807, 2.05) is 18.2 Å². The maximum Gasteiger partial charge on any atom is 0.124 e. The molecule has 0 saturated carbocycles. The van der Waals surface area contributed by atoms with Gasteiger partial charge in [0.05, 0.1) is 11.0 Å². The lowest BCUT2D eigenvalue weighted by molar-refractivity contribution is 0.476. The summed E-state index contributed by atoms with van der Waals surface area (Å²) in [4.78, 5) is 4.81. The molecule has 4 heteroatoms. The molecule has 0 unspecified atom stereocenters. The maximum absolute atomic E-state index is 9.94. The van der Waals surface area contributed by atoms with Gasteiger partial charge in [0, 0.05) is 4.47 Å². The van der Waals surface area contributed by atoms with Crippen LogP contribution in [0.5, 0.6) is 5.75 Å². The molecule has 0 radical (unpaired) electrons. The number of nitrogens with zero attached hydrogens (tertiary/aromatic N) is 1. The molecule has 0 fully saturated rings. The van der Waals surface area contributed by atoms with Crippen molar-refractivity contribution in [2.24, 2.45) is 4.99 Å². The van der Waals surface area contributed by atoms with Gasteiger partial charge in [0.1, 0.15) is 13.8 Å². The predicted molar refractivity (Wildman–Crippen MR) is 94.2 cm³/mol. The van der Waals surface area contributed by atoms with Gasteiger partial charge in [0.25, 0.3) is 0 Å². The van der Waals surface area contributed by atoms with Crippen molar-refractivity contribution in [3.05, 3.63) is 45.4 Å². The molecule has 2 aromatic carbocycles. The van der Waals surface area contributed by atoms with Crippen LogP contribution in [0.3, 0.4) is 0 Å². The maximum atomic E-state index is 9.94. The van der Waals surface area contributed by atoms with Crippen LogP contribution in [0, 0.1) is 0 Å². The molecule has 0 amide bonds. The number of aromatic hydroxyl groups is 1. The summed E-state index contributed by atoms with van der Waals surface area (Å²) in [6.07, 6.45) is 0. The summed E-state index contributed by atoms with van der Waals surface area (Å²) >= 11 is 3.74. The molecule has 3 rings (SSSR count). The Hall–Kier alpha value is -1.39. The van der Waals surface area contributed by atoms with Crippen molar-refractivity contribution in [3.63, 3.8) is 0 Å². The number of phenols is 1. The van der Waals surface area contributed by atoms with Crippen LogP contribution in [0.25, 0.3) is 6.58 Å². The molecule has 0 bridgehead atoms. The minimum Gasteiger partial charge on any atom is -0.508 e. The molecule has 0 atom stereocenters. The van der Waals surface area contributed by atoms with E-state index in [9.17, 15) is 5.11 Å². The van der Waals surface area contributed by atoms with Gasteiger partial charge < -0.3 is 5.11 Å². The Morgan fingerprint density at radius 1 is 1.19 bits per heavy atom. The third-order valence-electron chi connectivity index (χ3n) is 4.62. The van der Waals surface area contributed by atoms with Crippen molar-refractivity contribution >= 4 is 46.6 Å². The van der Waals surface area contributed by atoms with Crippen LogP contribution in [0.15, 0.2) is 39.8 Å². The lowest BCUT2D eigenvalue weighted by atomic mass is 10.2. The average Bonchev–Trinajstić information content (AvgIpc) is 2.49. The minimum absolute atomic E-state index is 0.327. The zero-order chi connectivity index (χ0) is 15.2. The fourth-order valence-corrected chi connectivity index (χ4v) is 9.39. The van der Waals surface area contributed by atoms with Crippen LogP contribution in [0.1, 0.15) is 13.8 Å². The van der Waals surface area contributed by atoms with Crippen molar-refractivity contribution in [2.75, 3.05) is 0 Å². The molecule has 0 saturated heterocycles. The topological polar surface area (TPSA) is 32.6 Å². The molecule has 21 heavy (non-hydrogen) atoms. The Labute approximate surface area is 134 Å². The average molecular weight is 360 g/mol. The molecule has 0 aromatic heterocycles. The molecule has 1 aliphatic heterocycles. The zero-order valence-corrected chi connectivity index (χ0v) is 14.9. The van der Waals surface area contributed by atoms with E-state index in [1.165, 1.54) is 10.4 Å². The van der Waals surface area contributed by atoms with Gasteiger partial charge in [-0.3, -0.25) is 0 Å². The summed E-state index contributed by atoms with van der Waals surface area (Å²) in [5, 5.41) is 14.6. The molecule has 2 nitrogen and oxygen atoms in total. The Morgan fingerprint density at radius 2 is 1.90 bits per heavy atom. The van der Waals surface area contributed by atoms with E-state index in [-0.39, 0.29) is 0 Å². The summed E-state index contributed by atoms with van der Waals surface area (Å²) in [5.41, 5.74) is 1.01. The molecule has 1 aliphatic rings. The minimum atomic E-state index is -1.92. The smallest absolute Gasteiger partial charge is 0.124 e. The van der Waals surface area contributed by atoms with E-state index in [1.54, 1.807) is 6.07 Å². The first-order valence-corrected chi connectivity index (χ1v) is 10.4. The van der Waals surface area contributed by atoms with Gasteiger partial charge in [-0.15, -0.1) is 0 Å². The van der Waals surface area contributed by atoms with Gasteiger partial charge in [-0.25, -0.2) is 4.99 Å². The fourth-order valence-electron chi connectivity index (χ4n) is 3.41. The van der Waals surface area contributed by atoms with Crippen LogP contribution in [0.2, 0.25) is 12.1 Å². The van der Waals surface area contributed by atoms with Crippen LogP contribution in [0.4, 0.5) is 5.69 Å². The van der Waals surface area contributed by atoms with Crippen molar-refractivity contribution in [1.29, 1.82) is 0 Å². The number of rotatable bonds is 2. The first kappa shape index (κ1) is 14.5. The second kappa shape index (κ2) is 5.11. The summed E-state index contributed by atoms with van der Waals surface area (Å²) in [6.45, 7) is 8.62. The summed E-state index contributed by atoms with van der Waals surface area (Å²) < 4.78 is 1.09. The molecule has 108 valence electrons. The van der Waals surface area contributed by atoms with Gasteiger partial charge in [0.2, 0.25) is 0 Å². The van der Waals surface area contributed by atoms with Gasteiger partial charge >= 0.3 is 0 Å². The number of hydrogen-bond donors (Lipinski definition) is 1. The van der Waals surface area contributed by atoms with Crippen LogP contribution in [-0.4, -0.2) is 13.2 Å². The lowest BCUT2D eigenvalue weighted by Gasteiger charge is -2.35. The zero-order valence-electron chi connectivity index (χ0n) is 12.3.